The third-order valence-electron chi connectivity index (χ3n) is 2.39. The molecule has 0 fully saturated rings. The van der Waals surface area contributed by atoms with E-state index in [9.17, 15) is 4.79 Å². The summed E-state index contributed by atoms with van der Waals surface area (Å²) in [4.78, 5) is 11.0. The highest BCUT2D eigenvalue weighted by Gasteiger charge is 2.12. The van der Waals surface area contributed by atoms with Crippen LogP contribution in [-0.4, -0.2) is 19.1 Å². The van der Waals surface area contributed by atoms with Crippen LogP contribution in [0.5, 0.6) is 5.75 Å². The third-order valence-corrected chi connectivity index (χ3v) is 2.39. The van der Waals surface area contributed by atoms with Crippen LogP contribution in [0.15, 0.2) is 24.3 Å². The van der Waals surface area contributed by atoms with E-state index in [0.717, 1.165) is 11.3 Å². The fourth-order valence-corrected chi connectivity index (χ4v) is 1.66. The van der Waals surface area contributed by atoms with E-state index in [1.54, 1.807) is 0 Å². The van der Waals surface area contributed by atoms with Crippen molar-refractivity contribution in [2.24, 2.45) is 5.73 Å². The normalized spacial score (nSPS) is 12.5. The van der Waals surface area contributed by atoms with E-state index in [1.165, 1.54) is 0 Å². The number of primary amides is 1. The molecule has 0 aliphatic carbocycles. The monoisotopic (exact) mass is 236 g/mol. The summed E-state index contributed by atoms with van der Waals surface area (Å²) in [6.45, 7) is 3.96. The predicted octanol–water partition coefficient (Wildman–Crippen LogP) is 1.61. The molecule has 0 heterocycles. The lowest BCUT2D eigenvalue weighted by molar-refractivity contribution is -0.118. The molecule has 0 bridgehead atoms. The maximum absolute atomic E-state index is 11.0. The molecular weight excluding hydrogens is 216 g/mol. The minimum absolute atomic E-state index is 0.0665. The summed E-state index contributed by atoms with van der Waals surface area (Å²) in [7, 11) is 1.81. The van der Waals surface area contributed by atoms with E-state index in [0.29, 0.717) is 0 Å². The number of hydrogen-bond acceptors (Lipinski definition) is 3. The summed E-state index contributed by atoms with van der Waals surface area (Å²) in [5, 5.41) is 3.07. The Kier molecular flexibility index (Phi) is 4.97. The van der Waals surface area contributed by atoms with Gasteiger partial charge in [-0.25, -0.2) is 0 Å². The SMILES string of the molecule is CNC(CC(N)=O)c1cccc(OC(C)C)c1. The average Bonchev–Trinajstić information content (AvgIpc) is 2.25. The molecule has 4 nitrogen and oxygen atoms in total. The largest absolute Gasteiger partial charge is 0.491 e. The van der Waals surface area contributed by atoms with Gasteiger partial charge in [0.25, 0.3) is 0 Å². The lowest BCUT2D eigenvalue weighted by Gasteiger charge is -2.17. The number of carbonyl (C=O) groups excluding carboxylic acids is 1. The summed E-state index contributed by atoms with van der Waals surface area (Å²) in [6.07, 6.45) is 0.413. The molecule has 0 aliphatic rings. The smallest absolute Gasteiger partial charge is 0.219 e. The molecule has 1 amide bonds. The molecule has 4 heteroatoms. The summed E-state index contributed by atoms with van der Waals surface area (Å²) in [5.41, 5.74) is 6.22. The fourth-order valence-electron chi connectivity index (χ4n) is 1.66. The molecule has 0 radical (unpaired) electrons. The van der Waals surface area contributed by atoms with Crippen LogP contribution < -0.4 is 15.8 Å². The Labute approximate surface area is 102 Å². The highest BCUT2D eigenvalue weighted by atomic mass is 16.5. The van der Waals surface area contributed by atoms with Gasteiger partial charge in [0.15, 0.2) is 0 Å². The second kappa shape index (κ2) is 6.25. The van der Waals surface area contributed by atoms with Crippen molar-refractivity contribution in [3.63, 3.8) is 0 Å². The topological polar surface area (TPSA) is 64.3 Å². The number of rotatable bonds is 6. The van der Waals surface area contributed by atoms with Gasteiger partial charge in [-0.1, -0.05) is 12.1 Å². The summed E-state index contributed by atoms with van der Waals surface area (Å²) >= 11 is 0. The molecule has 1 aromatic rings. The molecule has 3 N–H and O–H groups in total. The van der Waals surface area contributed by atoms with Crippen LogP contribution >= 0.6 is 0 Å². The van der Waals surface area contributed by atoms with Crippen molar-refractivity contribution in [2.45, 2.75) is 32.4 Å². The van der Waals surface area contributed by atoms with Gasteiger partial charge in [0.05, 0.1) is 6.10 Å². The molecule has 94 valence electrons. The standard InChI is InChI=1S/C13H20N2O2/c1-9(2)17-11-6-4-5-10(7-11)12(15-3)8-13(14)16/h4-7,9,12,15H,8H2,1-3H3,(H2,14,16). The van der Waals surface area contributed by atoms with Crippen molar-refractivity contribution in [3.05, 3.63) is 29.8 Å². The molecule has 0 saturated carbocycles. The van der Waals surface area contributed by atoms with E-state index in [4.69, 9.17) is 10.5 Å². The number of carbonyl (C=O) groups is 1. The van der Waals surface area contributed by atoms with Gasteiger partial charge in [-0.15, -0.1) is 0 Å². The van der Waals surface area contributed by atoms with Gasteiger partial charge >= 0.3 is 0 Å². The molecule has 1 unspecified atom stereocenters. The van der Waals surface area contributed by atoms with E-state index in [-0.39, 0.29) is 24.5 Å². The number of hydrogen-bond donors (Lipinski definition) is 2. The minimum atomic E-state index is -0.320. The first-order valence-corrected chi connectivity index (χ1v) is 5.75. The predicted molar refractivity (Wildman–Crippen MR) is 67.8 cm³/mol. The maximum atomic E-state index is 11.0. The van der Waals surface area contributed by atoms with Crippen molar-refractivity contribution >= 4 is 5.91 Å². The Morgan fingerprint density at radius 1 is 1.47 bits per heavy atom. The van der Waals surface area contributed by atoms with Crippen molar-refractivity contribution < 1.29 is 9.53 Å². The number of nitrogens with one attached hydrogen (secondary N) is 1. The van der Waals surface area contributed by atoms with Crippen LogP contribution in [0.1, 0.15) is 31.9 Å². The molecule has 0 aromatic heterocycles. The van der Waals surface area contributed by atoms with E-state index < -0.39 is 0 Å². The Morgan fingerprint density at radius 3 is 2.71 bits per heavy atom. The van der Waals surface area contributed by atoms with Crippen LogP contribution in [0.2, 0.25) is 0 Å². The highest BCUT2D eigenvalue weighted by molar-refractivity contribution is 5.74. The Hall–Kier alpha value is -1.55. The van der Waals surface area contributed by atoms with Gasteiger partial charge in [0.2, 0.25) is 5.91 Å². The summed E-state index contributed by atoms with van der Waals surface area (Å²) < 4.78 is 5.61. The first-order chi connectivity index (χ1) is 8.02. The van der Waals surface area contributed by atoms with Crippen molar-refractivity contribution in [1.82, 2.24) is 5.32 Å². The quantitative estimate of drug-likeness (QED) is 0.788. The lowest BCUT2D eigenvalue weighted by atomic mass is 10.0. The first-order valence-electron chi connectivity index (χ1n) is 5.75. The number of nitrogens with two attached hydrogens (primary N) is 1. The molecule has 0 aliphatic heterocycles. The van der Waals surface area contributed by atoms with Gasteiger partial charge in [0.1, 0.15) is 5.75 Å². The van der Waals surface area contributed by atoms with Crippen molar-refractivity contribution in [3.8, 4) is 5.75 Å². The average molecular weight is 236 g/mol. The Bertz CT molecular complexity index is 377. The van der Waals surface area contributed by atoms with E-state index in [1.807, 2.05) is 45.2 Å². The van der Waals surface area contributed by atoms with Crippen LogP contribution in [0.3, 0.4) is 0 Å². The molecule has 1 aromatic carbocycles. The lowest BCUT2D eigenvalue weighted by Crippen LogP contribution is -2.23. The van der Waals surface area contributed by atoms with Crippen LogP contribution in [-0.2, 0) is 4.79 Å². The van der Waals surface area contributed by atoms with Crippen LogP contribution in [0.25, 0.3) is 0 Å². The van der Waals surface area contributed by atoms with Crippen LogP contribution in [0, 0.1) is 0 Å². The van der Waals surface area contributed by atoms with Crippen LogP contribution in [0.4, 0.5) is 0 Å². The number of amides is 1. The van der Waals surface area contributed by atoms with Gasteiger partial charge in [-0.2, -0.15) is 0 Å². The molecule has 0 spiro atoms. The molecular formula is C13H20N2O2. The zero-order chi connectivity index (χ0) is 12.8. The number of ether oxygens (including phenoxy) is 1. The second-order valence-electron chi connectivity index (χ2n) is 4.25. The zero-order valence-corrected chi connectivity index (χ0v) is 10.6. The number of benzene rings is 1. The van der Waals surface area contributed by atoms with Gasteiger partial charge in [0, 0.05) is 12.5 Å². The Balaban J connectivity index is 2.84. The maximum Gasteiger partial charge on any atom is 0.219 e. The van der Waals surface area contributed by atoms with Crippen molar-refractivity contribution in [1.29, 1.82) is 0 Å². The summed E-state index contributed by atoms with van der Waals surface area (Å²) in [6, 6.07) is 7.64. The molecule has 1 rings (SSSR count). The van der Waals surface area contributed by atoms with E-state index in [2.05, 4.69) is 5.32 Å². The zero-order valence-electron chi connectivity index (χ0n) is 10.6. The molecule has 17 heavy (non-hydrogen) atoms. The summed E-state index contributed by atoms with van der Waals surface area (Å²) in [5.74, 6) is 0.488. The second-order valence-corrected chi connectivity index (χ2v) is 4.25. The van der Waals surface area contributed by atoms with Gasteiger partial charge in [-0.05, 0) is 38.6 Å². The highest BCUT2D eigenvalue weighted by Crippen LogP contribution is 2.22. The van der Waals surface area contributed by atoms with Gasteiger partial charge < -0.3 is 15.8 Å². The van der Waals surface area contributed by atoms with Gasteiger partial charge in [-0.3, -0.25) is 4.79 Å². The fraction of sp³-hybridized carbons (Fsp3) is 0.462. The third kappa shape index (κ3) is 4.44. The molecule has 1 atom stereocenters. The first kappa shape index (κ1) is 13.5. The Morgan fingerprint density at radius 2 is 2.18 bits per heavy atom. The minimum Gasteiger partial charge on any atom is -0.491 e. The van der Waals surface area contributed by atoms with Crippen molar-refractivity contribution in [2.75, 3.05) is 7.05 Å². The van der Waals surface area contributed by atoms with E-state index >= 15 is 0 Å². The molecule has 0 saturated heterocycles.